The molecule has 0 aliphatic rings. The van der Waals surface area contributed by atoms with Crippen LogP contribution in [0.4, 0.5) is 0 Å². The minimum absolute atomic E-state index is 0.0890. The number of carbonyl (C=O) groups is 1. The van der Waals surface area contributed by atoms with Crippen molar-refractivity contribution in [2.75, 3.05) is 20.8 Å². The molecule has 0 aliphatic heterocycles. The van der Waals surface area contributed by atoms with Crippen LogP contribution in [0.25, 0.3) is 6.08 Å². The number of benzene rings is 1. The normalized spacial score (nSPS) is 10.6. The molecule has 1 heterocycles. The minimum atomic E-state index is -0.0890. The van der Waals surface area contributed by atoms with Crippen LogP contribution in [0.3, 0.4) is 0 Å². The Morgan fingerprint density at radius 3 is 2.73 bits per heavy atom. The Kier molecular flexibility index (Phi) is 6.03. The summed E-state index contributed by atoms with van der Waals surface area (Å²) in [6.07, 6.45) is 4.11. The molecule has 5 heteroatoms. The van der Waals surface area contributed by atoms with E-state index in [4.69, 9.17) is 9.47 Å². The first-order valence-corrected chi connectivity index (χ1v) is 7.81. The molecule has 0 aliphatic carbocycles. The molecule has 116 valence electrons. The lowest BCUT2D eigenvalue weighted by molar-refractivity contribution is -0.116. The van der Waals surface area contributed by atoms with Gasteiger partial charge in [-0.25, -0.2) is 0 Å². The summed E-state index contributed by atoms with van der Waals surface area (Å²) in [7, 11) is 3.22. The van der Waals surface area contributed by atoms with Gasteiger partial charge in [0.15, 0.2) is 11.5 Å². The molecule has 1 N–H and O–H groups in total. The molecular weight excluding hydrogens is 298 g/mol. The fourth-order valence-electron chi connectivity index (χ4n) is 1.97. The van der Waals surface area contributed by atoms with Crippen LogP contribution in [-0.2, 0) is 11.2 Å². The average Bonchev–Trinajstić information content (AvgIpc) is 3.06. The van der Waals surface area contributed by atoms with E-state index in [-0.39, 0.29) is 5.91 Å². The van der Waals surface area contributed by atoms with E-state index in [1.54, 1.807) is 31.6 Å². The van der Waals surface area contributed by atoms with Gasteiger partial charge in [0.05, 0.1) is 14.2 Å². The third-order valence-corrected chi connectivity index (χ3v) is 3.94. The molecule has 1 aromatic carbocycles. The van der Waals surface area contributed by atoms with Gasteiger partial charge >= 0.3 is 0 Å². The summed E-state index contributed by atoms with van der Waals surface area (Å²) in [5, 5.41) is 4.85. The summed E-state index contributed by atoms with van der Waals surface area (Å²) in [5.41, 5.74) is 1.08. The molecule has 0 radical (unpaired) electrons. The fraction of sp³-hybridized carbons (Fsp3) is 0.235. The number of rotatable bonds is 7. The van der Waals surface area contributed by atoms with Gasteiger partial charge in [0, 0.05) is 17.5 Å². The maximum atomic E-state index is 11.7. The topological polar surface area (TPSA) is 47.6 Å². The van der Waals surface area contributed by atoms with Gasteiger partial charge in [-0.2, -0.15) is 0 Å². The Labute approximate surface area is 134 Å². The summed E-state index contributed by atoms with van der Waals surface area (Å²) < 4.78 is 10.5. The largest absolute Gasteiger partial charge is 0.493 e. The molecule has 1 aromatic heterocycles. The number of methoxy groups -OCH3 is 2. The van der Waals surface area contributed by atoms with Crippen LogP contribution in [0.5, 0.6) is 11.5 Å². The van der Waals surface area contributed by atoms with E-state index in [0.717, 1.165) is 16.9 Å². The van der Waals surface area contributed by atoms with Gasteiger partial charge < -0.3 is 14.8 Å². The Morgan fingerprint density at radius 1 is 1.23 bits per heavy atom. The molecule has 0 unspecified atom stereocenters. The van der Waals surface area contributed by atoms with Crippen LogP contribution < -0.4 is 14.8 Å². The van der Waals surface area contributed by atoms with Crippen molar-refractivity contribution in [3.8, 4) is 11.5 Å². The molecule has 2 rings (SSSR count). The first-order chi connectivity index (χ1) is 10.7. The number of hydrogen-bond donors (Lipinski definition) is 1. The van der Waals surface area contributed by atoms with E-state index in [1.807, 2.05) is 41.8 Å². The smallest absolute Gasteiger partial charge is 0.244 e. The molecule has 0 fully saturated rings. The maximum absolute atomic E-state index is 11.7. The summed E-state index contributed by atoms with van der Waals surface area (Å²) in [6, 6.07) is 9.69. The quantitative estimate of drug-likeness (QED) is 0.798. The lowest BCUT2D eigenvalue weighted by atomic mass is 10.1. The van der Waals surface area contributed by atoms with Gasteiger partial charge in [-0.1, -0.05) is 12.1 Å². The molecule has 2 aromatic rings. The monoisotopic (exact) mass is 317 g/mol. The molecule has 1 amide bonds. The van der Waals surface area contributed by atoms with Crippen LogP contribution in [-0.4, -0.2) is 26.7 Å². The third-order valence-electron chi connectivity index (χ3n) is 3.10. The predicted octanol–water partition coefficient (Wildman–Crippen LogP) is 3.14. The van der Waals surface area contributed by atoms with E-state index < -0.39 is 0 Å². The highest BCUT2D eigenvalue weighted by molar-refractivity contribution is 7.10. The highest BCUT2D eigenvalue weighted by Crippen LogP contribution is 2.27. The van der Waals surface area contributed by atoms with Gasteiger partial charge in [-0.05, 0) is 41.6 Å². The van der Waals surface area contributed by atoms with E-state index in [0.29, 0.717) is 18.0 Å². The second-order valence-electron chi connectivity index (χ2n) is 4.58. The minimum Gasteiger partial charge on any atom is -0.493 e. The SMILES string of the molecule is COc1ccc(CCNC(=O)C=Cc2cccs2)cc1OC. The number of amides is 1. The number of thiophene rings is 1. The second-order valence-corrected chi connectivity index (χ2v) is 5.56. The molecular formula is C17H19NO3S. The molecule has 0 bridgehead atoms. The van der Waals surface area contributed by atoms with Crippen molar-refractivity contribution in [1.29, 1.82) is 0 Å². The van der Waals surface area contributed by atoms with Crippen LogP contribution in [0.15, 0.2) is 41.8 Å². The molecule has 22 heavy (non-hydrogen) atoms. The fourth-order valence-corrected chi connectivity index (χ4v) is 2.59. The number of ether oxygens (including phenoxy) is 2. The van der Waals surface area contributed by atoms with E-state index in [2.05, 4.69) is 5.32 Å². The highest BCUT2D eigenvalue weighted by Gasteiger charge is 2.04. The van der Waals surface area contributed by atoms with Crippen LogP contribution in [0.2, 0.25) is 0 Å². The lowest BCUT2D eigenvalue weighted by Crippen LogP contribution is -2.23. The summed E-state index contributed by atoms with van der Waals surface area (Å²) in [6.45, 7) is 0.573. The van der Waals surface area contributed by atoms with E-state index in [9.17, 15) is 4.79 Å². The van der Waals surface area contributed by atoms with Crippen molar-refractivity contribution >= 4 is 23.3 Å². The van der Waals surface area contributed by atoms with E-state index >= 15 is 0 Å². The van der Waals surface area contributed by atoms with Crippen LogP contribution in [0.1, 0.15) is 10.4 Å². The standard InChI is InChI=1S/C17H19NO3S/c1-20-15-7-5-13(12-16(15)21-2)9-10-18-17(19)8-6-14-4-3-11-22-14/h3-8,11-12H,9-10H2,1-2H3,(H,18,19). The zero-order valence-electron chi connectivity index (χ0n) is 12.7. The van der Waals surface area contributed by atoms with Gasteiger partial charge in [-0.15, -0.1) is 11.3 Å². The summed E-state index contributed by atoms with van der Waals surface area (Å²) in [5.74, 6) is 1.31. The van der Waals surface area contributed by atoms with Crippen molar-refractivity contribution in [3.05, 3.63) is 52.2 Å². The molecule has 0 atom stereocenters. The summed E-state index contributed by atoms with van der Waals surface area (Å²) in [4.78, 5) is 12.8. The first-order valence-electron chi connectivity index (χ1n) is 6.93. The van der Waals surface area contributed by atoms with Crippen molar-refractivity contribution < 1.29 is 14.3 Å². The Bertz CT molecular complexity index is 635. The third kappa shape index (κ3) is 4.63. The molecule has 0 spiro atoms. The van der Waals surface area contributed by atoms with Gasteiger partial charge in [-0.3, -0.25) is 4.79 Å². The van der Waals surface area contributed by atoms with Crippen LogP contribution >= 0.6 is 11.3 Å². The highest BCUT2D eigenvalue weighted by atomic mass is 32.1. The molecule has 4 nitrogen and oxygen atoms in total. The number of nitrogens with one attached hydrogen (secondary N) is 1. The number of hydrogen-bond acceptors (Lipinski definition) is 4. The maximum Gasteiger partial charge on any atom is 0.244 e. The Balaban J connectivity index is 1.82. The Hall–Kier alpha value is -2.27. The van der Waals surface area contributed by atoms with Gasteiger partial charge in [0.25, 0.3) is 0 Å². The zero-order chi connectivity index (χ0) is 15.8. The van der Waals surface area contributed by atoms with Crippen molar-refractivity contribution in [2.24, 2.45) is 0 Å². The predicted molar refractivity (Wildman–Crippen MR) is 89.6 cm³/mol. The van der Waals surface area contributed by atoms with Gasteiger partial charge in [0.1, 0.15) is 0 Å². The van der Waals surface area contributed by atoms with E-state index in [1.165, 1.54) is 0 Å². The van der Waals surface area contributed by atoms with Crippen LogP contribution in [0, 0.1) is 0 Å². The molecule has 0 saturated carbocycles. The van der Waals surface area contributed by atoms with Crippen molar-refractivity contribution in [3.63, 3.8) is 0 Å². The lowest BCUT2D eigenvalue weighted by Gasteiger charge is -2.09. The molecule has 0 saturated heterocycles. The van der Waals surface area contributed by atoms with Crippen molar-refractivity contribution in [2.45, 2.75) is 6.42 Å². The number of carbonyl (C=O) groups excluding carboxylic acids is 1. The zero-order valence-corrected chi connectivity index (χ0v) is 13.5. The second kappa shape index (κ2) is 8.24. The van der Waals surface area contributed by atoms with Crippen molar-refractivity contribution in [1.82, 2.24) is 5.32 Å². The average molecular weight is 317 g/mol. The Morgan fingerprint density at radius 2 is 2.05 bits per heavy atom. The van der Waals surface area contributed by atoms with Gasteiger partial charge in [0.2, 0.25) is 5.91 Å². The summed E-state index contributed by atoms with van der Waals surface area (Å²) >= 11 is 1.60. The first kappa shape index (κ1) is 16.1.